The minimum Gasteiger partial charge on any atom is -0.468 e. The molecule has 0 spiro atoms. The van der Waals surface area contributed by atoms with Crippen molar-refractivity contribution in [2.24, 2.45) is 0 Å². The molecule has 1 aliphatic heterocycles. The number of nitrogens with one attached hydrogen (secondary N) is 1. The average molecular weight is 328 g/mol. The van der Waals surface area contributed by atoms with Gasteiger partial charge < -0.3 is 10.1 Å². The van der Waals surface area contributed by atoms with Crippen LogP contribution in [0.25, 0.3) is 6.08 Å². The van der Waals surface area contributed by atoms with Crippen LogP contribution in [0.15, 0.2) is 30.0 Å². The van der Waals surface area contributed by atoms with E-state index in [1.807, 2.05) is 0 Å². The van der Waals surface area contributed by atoms with Crippen molar-refractivity contribution in [1.82, 2.24) is 10.2 Å². The van der Waals surface area contributed by atoms with Gasteiger partial charge in [0.05, 0.1) is 12.7 Å². The smallest absolute Gasteiger partial charge is 0.416 e. The lowest BCUT2D eigenvalue weighted by Crippen LogP contribution is -2.36. The molecule has 0 aliphatic carbocycles. The van der Waals surface area contributed by atoms with Crippen molar-refractivity contribution in [3.05, 3.63) is 41.1 Å². The minimum absolute atomic E-state index is 0.0865. The van der Waals surface area contributed by atoms with Crippen LogP contribution < -0.4 is 5.32 Å². The number of ether oxygens (including phenoxy) is 1. The molecule has 1 fully saturated rings. The molecule has 6 nitrogen and oxygen atoms in total. The molecule has 1 N–H and O–H groups in total. The zero-order valence-electron chi connectivity index (χ0n) is 11.8. The van der Waals surface area contributed by atoms with Gasteiger partial charge in [0.1, 0.15) is 12.2 Å². The highest BCUT2D eigenvalue weighted by molar-refractivity contribution is 6.15. The van der Waals surface area contributed by atoms with Crippen LogP contribution in [0, 0.1) is 0 Å². The first-order valence-corrected chi connectivity index (χ1v) is 6.31. The van der Waals surface area contributed by atoms with Crippen LogP contribution >= 0.6 is 0 Å². The van der Waals surface area contributed by atoms with E-state index >= 15 is 0 Å². The van der Waals surface area contributed by atoms with Crippen LogP contribution in [-0.2, 0) is 20.5 Å². The molecule has 2 rings (SSSR count). The van der Waals surface area contributed by atoms with Crippen molar-refractivity contribution in [2.45, 2.75) is 6.18 Å². The highest BCUT2D eigenvalue weighted by atomic mass is 19.4. The minimum atomic E-state index is -4.52. The lowest BCUT2D eigenvalue weighted by Gasteiger charge is -2.09. The molecule has 0 aromatic heterocycles. The zero-order valence-corrected chi connectivity index (χ0v) is 11.8. The van der Waals surface area contributed by atoms with Gasteiger partial charge in [-0.25, -0.2) is 9.69 Å². The number of carbonyl (C=O) groups is 3. The topological polar surface area (TPSA) is 75.7 Å². The first-order chi connectivity index (χ1) is 10.7. The second kappa shape index (κ2) is 6.11. The third-order valence-electron chi connectivity index (χ3n) is 3.00. The van der Waals surface area contributed by atoms with Crippen molar-refractivity contribution >= 4 is 24.0 Å². The lowest BCUT2D eigenvalue weighted by atomic mass is 10.1. The van der Waals surface area contributed by atoms with Crippen LogP contribution in [0.1, 0.15) is 11.1 Å². The second-order valence-corrected chi connectivity index (χ2v) is 4.58. The molecular weight excluding hydrogens is 317 g/mol. The molecule has 1 saturated heterocycles. The number of imide groups is 1. The van der Waals surface area contributed by atoms with Gasteiger partial charge in [0.25, 0.3) is 5.91 Å². The number of methoxy groups -OCH3 is 1. The van der Waals surface area contributed by atoms with E-state index in [4.69, 9.17) is 0 Å². The van der Waals surface area contributed by atoms with Crippen LogP contribution in [-0.4, -0.2) is 36.5 Å². The van der Waals surface area contributed by atoms with Gasteiger partial charge in [-0.05, 0) is 23.8 Å². The number of esters is 1. The number of alkyl halides is 3. The van der Waals surface area contributed by atoms with E-state index in [1.54, 1.807) is 0 Å². The molecule has 0 unspecified atom stereocenters. The molecular formula is C14H11F3N2O4. The van der Waals surface area contributed by atoms with E-state index in [9.17, 15) is 27.6 Å². The Hall–Kier alpha value is -2.84. The number of hydrogen-bond acceptors (Lipinski definition) is 4. The fraction of sp³-hybridized carbons (Fsp3) is 0.214. The van der Waals surface area contributed by atoms with Crippen molar-refractivity contribution in [1.29, 1.82) is 0 Å². The van der Waals surface area contributed by atoms with Gasteiger partial charge in [-0.2, -0.15) is 13.2 Å². The molecule has 1 aliphatic rings. The van der Waals surface area contributed by atoms with Crippen molar-refractivity contribution in [2.75, 3.05) is 13.7 Å². The molecule has 23 heavy (non-hydrogen) atoms. The summed E-state index contributed by atoms with van der Waals surface area (Å²) in [7, 11) is 1.10. The molecule has 0 radical (unpaired) electrons. The maximum Gasteiger partial charge on any atom is 0.416 e. The highest BCUT2D eigenvalue weighted by Gasteiger charge is 2.35. The summed E-state index contributed by atoms with van der Waals surface area (Å²) in [6, 6.07) is 3.42. The van der Waals surface area contributed by atoms with Crippen LogP contribution in [0.2, 0.25) is 0 Å². The van der Waals surface area contributed by atoms with Crippen LogP contribution in [0.3, 0.4) is 0 Å². The maximum absolute atomic E-state index is 12.6. The summed E-state index contributed by atoms with van der Waals surface area (Å²) in [6.07, 6.45) is -3.42. The fourth-order valence-corrected chi connectivity index (χ4v) is 1.88. The predicted octanol–water partition coefficient (Wildman–Crippen LogP) is 1.77. The monoisotopic (exact) mass is 328 g/mol. The molecule has 0 bridgehead atoms. The molecule has 1 aromatic rings. The molecule has 1 aromatic carbocycles. The van der Waals surface area contributed by atoms with E-state index in [-0.39, 0.29) is 11.3 Å². The third-order valence-corrected chi connectivity index (χ3v) is 3.00. The molecule has 0 atom stereocenters. The Morgan fingerprint density at radius 3 is 2.65 bits per heavy atom. The Bertz CT molecular complexity index is 698. The van der Waals surface area contributed by atoms with Gasteiger partial charge >= 0.3 is 18.2 Å². The Labute approximate surface area is 128 Å². The summed E-state index contributed by atoms with van der Waals surface area (Å²) in [5.41, 5.74) is -1.02. The zero-order chi connectivity index (χ0) is 17.2. The summed E-state index contributed by atoms with van der Waals surface area (Å²) < 4.78 is 42.3. The van der Waals surface area contributed by atoms with E-state index in [2.05, 4.69) is 10.1 Å². The number of rotatable bonds is 3. The average Bonchev–Trinajstić information content (AvgIpc) is 2.74. The predicted molar refractivity (Wildman–Crippen MR) is 71.7 cm³/mol. The summed E-state index contributed by atoms with van der Waals surface area (Å²) in [5, 5.41) is 2.20. The van der Waals surface area contributed by atoms with Crippen LogP contribution in [0.4, 0.5) is 18.0 Å². The van der Waals surface area contributed by atoms with Gasteiger partial charge in [0, 0.05) is 0 Å². The first kappa shape index (κ1) is 16.5. The van der Waals surface area contributed by atoms with Gasteiger partial charge in [-0.15, -0.1) is 0 Å². The Morgan fingerprint density at radius 2 is 2.04 bits per heavy atom. The number of hydrogen-bond donors (Lipinski definition) is 1. The molecule has 1 heterocycles. The summed E-state index contributed by atoms with van der Waals surface area (Å²) >= 11 is 0. The van der Waals surface area contributed by atoms with E-state index in [0.29, 0.717) is 4.90 Å². The Morgan fingerprint density at radius 1 is 1.35 bits per heavy atom. The SMILES string of the molecule is COC(=O)CN1C(=O)N/C(=C/c2cccc(C(F)(F)F)c2)C1=O. The van der Waals surface area contributed by atoms with Gasteiger partial charge in [-0.3, -0.25) is 9.59 Å². The van der Waals surface area contributed by atoms with E-state index in [1.165, 1.54) is 12.1 Å². The number of nitrogens with zero attached hydrogens (tertiary/aromatic N) is 1. The van der Waals surface area contributed by atoms with Gasteiger partial charge in [-0.1, -0.05) is 12.1 Å². The van der Waals surface area contributed by atoms with Crippen molar-refractivity contribution in [3.63, 3.8) is 0 Å². The van der Waals surface area contributed by atoms with E-state index < -0.39 is 36.2 Å². The largest absolute Gasteiger partial charge is 0.468 e. The standard InChI is InChI=1S/C14H11F3N2O4/c1-23-11(20)7-19-12(21)10(18-13(19)22)6-8-3-2-4-9(5-8)14(15,16)17/h2-6H,7H2,1H3,(H,18,22)/b10-6+. The number of carbonyl (C=O) groups excluding carboxylic acids is 3. The van der Waals surface area contributed by atoms with Crippen molar-refractivity contribution in [3.8, 4) is 0 Å². The number of benzene rings is 1. The Kier molecular flexibility index (Phi) is 4.39. The quantitative estimate of drug-likeness (QED) is 0.521. The molecule has 3 amide bonds. The van der Waals surface area contributed by atoms with Gasteiger partial charge in [0.15, 0.2) is 0 Å². The molecule has 0 saturated carbocycles. The normalized spacial score (nSPS) is 16.7. The second-order valence-electron chi connectivity index (χ2n) is 4.58. The van der Waals surface area contributed by atoms with Gasteiger partial charge in [0.2, 0.25) is 0 Å². The van der Waals surface area contributed by atoms with Crippen LogP contribution in [0.5, 0.6) is 0 Å². The lowest BCUT2D eigenvalue weighted by molar-refractivity contribution is -0.143. The van der Waals surface area contributed by atoms with E-state index in [0.717, 1.165) is 25.3 Å². The first-order valence-electron chi connectivity index (χ1n) is 6.31. The number of halogens is 3. The summed E-state index contributed by atoms with van der Waals surface area (Å²) in [5.74, 6) is -1.62. The number of urea groups is 1. The molecule has 122 valence electrons. The molecule has 9 heteroatoms. The van der Waals surface area contributed by atoms with Crippen molar-refractivity contribution < 1.29 is 32.3 Å². The maximum atomic E-state index is 12.6. The number of amides is 3. The summed E-state index contributed by atoms with van der Waals surface area (Å²) in [6.45, 7) is -0.582. The summed E-state index contributed by atoms with van der Waals surface area (Å²) in [4.78, 5) is 35.4. The highest BCUT2D eigenvalue weighted by Crippen LogP contribution is 2.30. The fourth-order valence-electron chi connectivity index (χ4n) is 1.88. The third kappa shape index (κ3) is 3.68. The Balaban J connectivity index is 2.26.